The molecule has 0 fully saturated rings. The number of nitrogens with one attached hydrogen (secondary N) is 2. The van der Waals surface area contributed by atoms with Crippen LogP contribution in [-0.4, -0.2) is 19.9 Å². The molecule has 2 aliphatic rings. The van der Waals surface area contributed by atoms with E-state index in [1.54, 1.807) is 0 Å². The van der Waals surface area contributed by atoms with Crippen LogP contribution in [0.5, 0.6) is 0 Å². The second-order valence-corrected chi connectivity index (χ2v) is 11.5. The third-order valence-corrected chi connectivity index (χ3v) is 9.31. The Bertz CT molecular complexity index is 1710. The summed E-state index contributed by atoms with van der Waals surface area (Å²) in [5, 5.41) is 0. The summed E-state index contributed by atoms with van der Waals surface area (Å²) in [6.45, 7) is 17.9. The van der Waals surface area contributed by atoms with Crippen LogP contribution in [0.3, 0.4) is 0 Å². The summed E-state index contributed by atoms with van der Waals surface area (Å²) in [5.74, 6) is 0. The molecule has 4 nitrogen and oxygen atoms in total. The van der Waals surface area contributed by atoms with Crippen LogP contribution in [0, 0.1) is 12.1 Å². The molecule has 4 heteroatoms. The van der Waals surface area contributed by atoms with Crippen molar-refractivity contribution in [3.63, 3.8) is 0 Å². The van der Waals surface area contributed by atoms with Gasteiger partial charge in [0.05, 0.1) is 22.6 Å². The lowest BCUT2D eigenvalue weighted by molar-refractivity contribution is 1.07. The van der Waals surface area contributed by atoms with Gasteiger partial charge in [-0.25, -0.2) is 9.97 Å². The molecule has 0 radical (unpaired) electrons. The molecule has 2 aliphatic heterocycles. The van der Waals surface area contributed by atoms with Gasteiger partial charge < -0.3 is 9.97 Å². The Hall–Kier alpha value is -4.10. The quantitative estimate of drug-likeness (QED) is 0.277. The molecule has 0 aromatic carbocycles. The van der Waals surface area contributed by atoms with E-state index in [2.05, 4.69) is 114 Å². The number of hydrogen-bond donors (Lipinski definition) is 2. The maximum atomic E-state index is 5.17. The average molecular weight is 585 g/mol. The Labute approximate surface area is 264 Å². The Morgan fingerprint density at radius 1 is 0.432 bits per heavy atom. The van der Waals surface area contributed by atoms with E-state index in [9.17, 15) is 0 Å². The first-order chi connectivity index (χ1) is 21.5. The van der Waals surface area contributed by atoms with Crippen molar-refractivity contribution < 1.29 is 0 Å². The van der Waals surface area contributed by atoms with E-state index in [4.69, 9.17) is 9.97 Å². The van der Waals surface area contributed by atoms with Crippen molar-refractivity contribution in [2.75, 3.05) is 0 Å². The number of H-pyrrole nitrogens is 2. The number of aromatic nitrogens is 4. The highest BCUT2D eigenvalue weighted by molar-refractivity contribution is 5.93. The largest absolute Gasteiger partial charge is 0.355 e. The zero-order valence-electron chi connectivity index (χ0n) is 28.0. The summed E-state index contributed by atoms with van der Waals surface area (Å²) in [6.07, 6.45) is 7.59. The van der Waals surface area contributed by atoms with Gasteiger partial charge in [0, 0.05) is 16.6 Å². The lowest BCUT2D eigenvalue weighted by atomic mass is 9.99. The summed E-state index contributed by atoms with van der Waals surface area (Å²) in [7, 11) is 0. The van der Waals surface area contributed by atoms with E-state index in [0.717, 1.165) is 85.2 Å². The fourth-order valence-corrected chi connectivity index (χ4v) is 7.17. The molecule has 0 amide bonds. The molecule has 8 bridgehead atoms. The van der Waals surface area contributed by atoms with Crippen LogP contribution in [0.4, 0.5) is 0 Å². The highest BCUT2D eigenvalue weighted by Crippen LogP contribution is 2.36. The van der Waals surface area contributed by atoms with Crippen molar-refractivity contribution in [1.82, 2.24) is 19.9 Å². The maximum Gasteiger partial charge on any atom is 0.117 e. The highest BCUT2D eigenvalue weighted by atomic mass is 14.8. The Morgan fingerprint density at radius 3 is 1.34 bits per heavy atom. The summed E-state index contributed by atoms with van der Waals surface area (Å²) >= 11 is 0. The minimum Gasteiger partial charge on any atom is -0.355 e. The zero-order chi connectivity index (χ0) is 31.4. The van der Waals surface area contributed by atoms with Crippen molar-refractivity contribution in [1.29, 1.82) is 0 Å². The maximum absolute atomic E-state index is 5.17. The van der Waals surface area contributed by atoms with E-state index >= 15 is 0 Å². The number of fused-ring (bicyclic) bond motifs is 8. The van der Waals surface area contributed by atoms with E-state index in [-0.39, 0.29) is 0 Å². The first-order valence-corrected chi connectivity index (χ1v) is 16.9. The topological polar surface area (TPSA) is 57.4 Å². The molecule has 0 aliphatic carbocycles. The van der Waals surface area contributed by atoms with Crippen LogP contribution in [-0.2, 0) is 25.7 Å². The number of allylic oxidation sites excluding steroid dienone is 4. The smallest absolute Gasteiger partial charge is 0.117 e. The molecule has 0 spiro atoms. The Kier molecular flexibility index (Phi) is 9.74. The normalized spacial score (nSPS) is 12.9. The first-order valence-electron chi connectivity index (χ1n) is 16.9. The highest BCUT2D eigenvalue weighted by Gasteiger charge is 2.19. The predicted molar refractivity (Wildman–Crippen MR) is 189 cm³/mol. The average Bonchev–Trinajstić information content (AvgIpc) is 3.77. The molecule has 0 saturated heterocycles. The molecule has 0 atom stereocenters. The molecule has 3 aromatic rings. The summed E-state index contributed by atoms with van der Waals surface area (Å²) < 4.78 is 0. The number of nitrogens with zero attached hydrogens (tertiary/aromatic N) is 2. The van der Waals surface area contributed by atoms with Gasteiger partial charge in [-0.05, 0) is 144 Å². The third-order valence-electron chi connectivity index (χ3n) is 9.31. The third kappa shape index (κ3) is 5.61. The van der Waals surface area contributed by atoms with Crippen LogP contribution >= 0.6 is 0 Å². The Balaban J connectivity index is 1.92. The molecule has 3 aromatic heterocycles. The number of rotatable bonds is 8. The van der Waals surface area contributed by atoms with Crippen molar-refractivity contribution in [3.8, 4) is 0 Å². The van der Waals surface area contributed by atoms with Crippen LogP contribution in [0.15, 0.2) is 36.4 Å². The van der Waals surface area contributed by atoms with Crippen LogP contribution in [0.2, 0.25) is 0 Å². The fourth-order valence-electron chi connectivity index (χ4n) is 7.17. The standard InChI is InChI=1S/C40H48N4/c1-9-25-26(10-2)34-19-20-36-29(13-5)30(14-6)38(43-36)23-24-40-32(16-8)31(15-7)39(44-40)22-21-37-28(12-4)27(11-3)35(42-37)18-17-33(25)41-34/h17-22,41,43H,9-16H2,1-8H3. The molecular formula is C40H48N4. The van der Waals surface area contributed by atoms with E-state index in [1.165, 1.54) is 55.6 Å². The molecule has 5 rings (SSSR count). The number of aromatic amines is 2. The molecule has 44 heavy (non-hydrogen) atoms. The lowest BCUT2D eigenvalue weighted by Gasteiger charge is -2.02. The minimum atomic E-state index is 0.896. The van der Waals surface area contributed by atoms with E-state index in [1.807, 2.05) is 0 Å². The van der Waals surface area contributed by atoms with Crippen molar-refractivity contribution in [2.45, 2.75) is 107 Å². The van der Waals surface area contributed by atoms with Gasteiger partial charge in [0.15, 0.2) is 0 Å². The van der Waals surface area contributed by atoms with Gasteiger partial charge in [0.1, 0.15) is 5.69 Å². The van der Waals surface area contributed by atoms with Crippen LogP contribution in [0.1, 0.15) is 126 Å². The second kappa shape index (κ2) is 13.7. The minimum absolute atomic E-state index is 0.896. The SMILES string of the molecule is CCC1=C(CC)c2ccc3nc(ccc4[nH]c(ccc5[nH]c(c#cc1n2)c(CC)c5CC)c(CC)c4CC)C(CC)=C3CC. The van der Waals surface area contributed by atoms with Gasteiger partial charge in [-0.3, -0.25) is 0 Å². The monoisotopic (exact) mass is 584 g/mol. The number of hydrogen-bond acceptors (Lipinski definition) is 2. The first kappa shape index (κ1) is 31.3. The van der Waals surface area contributed by atoms with E-state index < -0.39 is 0 Å². The van der Waals surface area contributed by atoms with E-state index in [0.29, 0.717) is 0 Å². The molecule has 228 valence electrons. The summed E-state index contributed by atoms with van der Waals surface area (Å²) in [4.78, 5) is 17.7. The second-order valence-electron chi connectivity index (χ2n) is 11.5. The predicted octanol–water partition coefficient (Wildman–Crippen LogP) is 10.8. The molecule has 5 heterocycles. The van der Waals surface area contributed by atoms with Gasteiger partial charge >= 0.3 is 0 Å². The van der Waals surface area contributed by atoms with Gasteiger partial charge in [-0.15, -0.1) is 0 Å². The lowest BCUT2D eigenvalue weighted by Crippen LogP contribution is -1.85. The summed E-state index contributed by atoms with van der Waals surface area (Å²) in [6, 6.07) is 20.3. The molecule has 2 N–H and O–H groups in total. The number of aryl methyl sites for hydroxylation is 4. The zero-order valence-corrected chi connectivity index (χ0v) is 28.0. The van der Waals surface area contributed by atoms with Crippen molar-refractivity contribution in [3.05, 3.63) is 93.6 Å². The molecule has 0 unspecified atom stereocenters. The molecule has 0 saturated carbocycles. The van der Waals surface area contributed by atoms with Crippen LogP contribution in [0.25, 0.3) is 44.4 Å². The van der Waals surface area contributed by atoms with Crippen molar-refractivity contribution >= 4 is 44.4 Å². The molecular weight excluding hydrogens is 536 g/mol. The Morgan fingerprint density at radius 2 is 0.841 bits per heavy atom. The van der Waals surface area contributed by atoms with Gasteiger partial charge in [0.25, 0.3) is 0 Å². The van der Waals surface area contributed by atoms with Gasteiger partial charge in [-0.1, -0.05) is 55.4 Å². The van der Waals surface area contributed by atoms with Crippen LogP contribution < -0.4 is 0 Å². The van der Waals surface area contributed by atoms with Gasteiger partial charge in [0.2, 0.25) is 0 Å². The van der Waals surface area contributed by atoms with Crippen molar-refractivity contribution in [2.24, 2.45) is 0 Å². The van der Waals surface area contributed by atoms with Gasteiger partial charge in [-0.2, -0.15) is 0 Å². The fraction of sp³-hybridized carbons (Fsp3) is 0.400. The summed E-state index contributed by atoms with van der Waals surface area (Å²) in [5.41, 5.74) is 19.2.